The molecule has 0 amide bonds. The van der Waals surface area contributed by atoms with E-state index in [2.05, 4.69) is 9.72 Å². The third kappa shape index (κ3) is 3.68. The molecule has 0 radical (unpaired) electrons. The quantitative estimate of drug-likeness (QED) is 0.723. The summed E-state index contributed by atoms with van der Waals surface area (Å²) in [6, 6.07) is 6.72. The number of hydrogen-bond donors (Lipinski definition) is 3. The Morgan fingerprint density at radius 1 is 1.32 bits per heavy atom. The lowest BCUT2D eigenvalue weighted by Crippen LogP contribution is -2.21. The van der Waals surface area contributed by atoms with Gasteiger partial charge in [0.25, 0.3) is 0 Å². The van der Waals surface area contributed by atoms with Gasteiger partial charge in [-0.2, -0.15) is 0 Å². The normalized spacial score (nSPS) is 13.8. The number of aliphatic hydroxyl groups is 2. The first-order valence-electron chi connectivity index (χ1n) is 6.63. The van der Waals surface area contributed by atoms with Crippen molar-refractivity contribution in [2.75, 3.05) is 12.9 Å². The van der Waals surface area contributed by atoms with Crippen LogP contribution in [0.4, 0.5) is 0 Å². The number of thioether (sulfide) groups is 1. The second-order valence-corrected chi connectivity index (χ2v) is 6.03. The average Bonchev–Trinajstić information content (AvgIpc) is 2.93. The van der Waals surface area contributed by atoms with E-state index in [1.807, 2.05) is 0 Å². The Morgan fingerprint density at radius 2 is 2.05 bits per heavy atom. The summed E-state index contributed by atoms with van der Waals surface area (Å²) in [5.74, 6) is -0.358. The summed E-state index contributed by atoms with van der Waals surface area (Å²) in [7, 11) is 1.30. The third-order valence-electron chi connectivity index (χ3n) is 3.22. The largest absolute Gasteiger partial charge is 0.464 e. The Bertz CT molecular complexity index is 696. The molecule has 118 valence electrons. The van der Waals surface area contributed by atoms with Gasteiger partial charge in [-0.15, -0.1) is 0 Å². The number of esters is 1. The second kappa shape index (κ2) is 6.95. The molecule has 1 aromatic carbocycles. The Labute approximate surface area is 131 Å². The van der Waals surface area contributed by atoms with E-state index in [9.17, 15) is 19.8 Å². The van der Waals surface area contributed by atoms with Crippen LogP contribution in [0.3, 0.4) is 0 Å². The maximum absolute atomic E-state index is 11.5. The molecular formula is C15H17NO5S. The Balaban J connectivity index is 2.21. The maximum atomic E-state index is 11.5. The molecule has 0 saturated heterocycles. The van der Waals surface area contributed by atoms with Crippen molar-refractivity contribution in [1.29, 1.82) is 0 Å². The predicted molar refractivity (Wildman–Crippen MR) is 83.7 cm³/mol. The predicted octanol–water partition coefficient (Wildman–Crippen LogP) is 1.63. The van der Waals surface area contributed by atoms with E-state index in [1.54, 1.807) is 24.3 Å². The molecular weight excluding hydrogens is 306 g/mol. The highest BCUT2D eigenvalue weighted by molar-refractivity contribution is 8.13. The molecule has 1 heterocycles. The van der Waals surface area contributed by atoms with E-state index in [0.29, 0.717) is 16.8 Å². The highest BCUT2D eigenvalue weighted by Gasteiger charge is 2.20. The lowest BCUT2D eigenvalue weighted by atomic mass is 10.0. The van der Waals surface area contributed by atoms with Crippen molar-refractivity contribution in [2.24, 2.45) is 0 Å². The Kier molecular flexibility index (Phi) is 5.23. The van der Waals surface area contributed by atoms with Crippen molar-refractivity contribution in [1.82, 2.24) is 4.98 Å². The molecule has 0 spiro atoms. The van der Waals surface area contributed by atoms with Crippen LogP contribution in [-0.4, -0.2) is 45.2 Å². The van der Waals surface area contributed by atoms with Gasteiger partial charge >= 0.3 is 5.97 Å². The third-order valence-corrected chi connectivity index (χ3v) is 4.13. The van der Waals surface area contributed by atoms with Crippen LogP contribution in [0.5, 0.6) is 0 Å². The molecule has 0 aliphatic carbocycles. The number of ether oxygens (including phenoxy) is 1. The molecule has 0 saturated carbocycles. The number of hydrogen-bond acceptors (Lipinski definition) is 6. The van der Waals surface area contributed by atoms with Gasteiger partial charge in [0.1, 0.15) is 11.8 Å². The van der Waals surface area contributed by atoms with Crippen molar-refractivity contribution >= 4 is 33.7 Å². The van der Waals surface area contributed by atoms with Gasteiger partial charge in [-0.1, -0.05) is 23.9 Å². The summed E-state index contributed by atoms with van der Waals surface area (Å²) in [5, 5.41) is 20.7. The summed E-state index contributed by atoms with van der Waals surface area (Å²) in [4.78, 5) is 25.3. The van der Waals surface area contributed by atoms with Gasteiger partial charge < -0.3 is 19.9 Å². The van der Waals surface area contributed by atoms with Gasteiger partial charge in [-0.05, 0) is 17.7 Å². The number of benzene rings is 1. The van der Waals surface area contributed by atoms with Crippen LogP contribution in [0.25, 0.3) is 10.9 Å². The number of carbonyl (C=O) groups is 2. The first-order chi connectivity index (χ1) is 10.4. The molecule has 0 aliphatic rings. The van der Waals surface area contributed by atoms with Crippen LogP contribution in [-0.2, 0) is 9.53 Å². The number of nitrogens with one attached hydrogen (secondary N) is 1. The molecule has 2 rings (SSSR count). The fraction of sp³-hybridized carbons (Fsp3) is 0.333. The SMILES string of the molecule is COC(=O)c1cc2ccc(C(O)C(O)CSC(C)=O)cc2[nH]1. The molecule has 2 atom stereocenters. The van der Waals surface area contributed by atoms with Crippen molar-refractivity contribution < 1.29 is 24.5 Å². The highest BCUT2D eigenvalue weighted by atomic mass is 32.2. The molecule has 0 fully saturated rings. The summed E-state index contributed by atoms with van der Waals surface area (Å²) >= 11 is 0.959. The zero-order valence-electron chi connectivity index (χ0n) is 12.2. The van der Waals surface area contributed by atoms with Crippen LogP contribution < -0.4 is 0 Å². The van der Waals surface area contributed by atoms with Crippen LogP contribution in [0.2, 0.25) is 0 Å². The number of rotatable bonds is 5. The van der Waals surface area contributed by atoms with Crippen molar-refractivity contribution in [3.05, 3.63) is 35.5 Å². The van der Waals surface area contributed by atoms with E-state index >= 15 is 0 Å². The van der Waals surface area contributed by atoms with Crippen molar-refractivity contribution in [3.63, 3.8) is 0 Å². The number of aromatic nitrogens is 1. The zero-order chi connectivity index (χ0) is 16.3. The van der Waals surface area contributed by atoms with E-state index in [-0.39, 0.29) is 10.9 Å². The van der Waals surface area contributed by atoms with Crippen molar-refractivity contribution in [3.8, 4) is 0 Å². The van der Waals surface area contributed by atoms with E-state index in [0.717, 1.165) is 17.1 Å². The van der Waals surface area contributed by atoms with Gasteiger partial charge in [-0.25, -0.2) is 4.79 Å². The fourth-order valence-corrected chi connectivity index (χ4v) is 2.65. The van der Waals surface area contributed by atoms with Gasteiger partial charge in [-0.3, -0.25) is 4.79 Å². The van der Waals surface area contributed by atoms with E-state index < -0.39 is 18.2 Å². The molecule has 7 heteroatoms. The summed E-state index contributed by atoms with van der Waals surface area (Å²) in [5.41, 5.74) is 1.47. The van der Waals surface area contributed by atoms with Crippen LogP contribution in [0, 0.1) is 0 Å². The number of methoxy groups -OCH3 is 1. The molecule has 0 aliphatic heterocycles. The van der Waals surface area contributed by atoms with Crippen LogP contribution in [0.15, 0.2) is 24.3 Å². The Morgan fingerprint density at radius 3 is 2.68 bits per heavy atom. The monoisotopic (exact) mass is 323 g/mol. The standard InChI is InChI=1S/C15H17NO5S/c1-8(17)22-7-13(18)14(19)10-4-3-9-5-12(15(20)21-2)16-11(9)6-10/h3-6,13-14,16,18-19H,7H2,1-2H3. The van der Waals surface area contributed by atoms with Crippen LogP contribution in [0.1, 0.15) is 29.1 Å². The number of aliphatic hydroxyl groups excluding tert-OH is 2. The first kappa shape index (κ1) is 16.5. The first-order valence-corrected chi connectivity index (χ1v) is 7.61. The van der Waals surface area contributed by atoms with Crippen LogP contribution >= 0.6 is 11.8 Å². The number of aromatic amines is 1. The average molecular weight is 323 g/mol. The number of fused-ring (bicyclic) bond motifs is 1. The number of H-pyrrole nitrogens is 1. The summed E-state index contributed by atoms with van der Waals surface area (Å²) in [6.07, 6.45) is -2.16. The fourth-order valence-electron chi connectivity index (χ4n) is 2.06. The van der Waals surface area contributed by atoms with E-state index in [1.165, 1.54) is 14.0 Å². The Hall–Kier alpha value is -1.83. The molecule has 3 N–H and O–H groups in total. The topological polar surface area (TPSA) is 99.6 Å². The van der Waals surface area contributed by atoms with E-state index in [4.69, 9.17) is 0 Å². The molecule has 2 aromatic rings. The minimum absolute atomic E-state index is 0.117. The van der Waals surface area contributed by atoms with Gasteiger partial charge in [0.2, 0.25) is 0 Å². The molecule has 0 bridgehead atoms. The minimum atomic E-state index is -1.11. The minimum Gasteiger partial charge on any atom is -0.464 e. The second-order valence-electron chi connectivity index (χ2n) is 4.84. The van der Waals surface area contributed by atoms with Gasteiger partial charge in [0, 0.05) is 23.6 Å². The molecule has 1 aromatic heterocycles. The lowest BCUT2D eigenvalue weighted by Gasteiger charge is -2.17. The lowest BCUT2D eigenvalue weighted by molar-refractivity contribution is -0.109. The number of carbonyl (C=O) groups excluding carboxylic acids is 2. The summed E-state index contributed by atoms with van der Waals surface area (Å²) in [6.45, 7) is 1.41. The highest BCUT2D eigenvalue weighted by Crippen LogP contribution is 2.24. The molecule has 2 unspecified atom stereocenters. The van der Waals surface area contributed by atoms with Crippen molar-refractivity contribution in [2.45, 2.75) is 19.1 Å². The maximum Gasteiger partial charge on any atom is 0.354 e. The molecule has 22 heavy (non-hydrogen) atoms. The molecule has 6 nitrogen and oxygen atoms in total. The van der Waals surface area contributed by atoms with Gasteiger partial charge in [0.15, 0.2) is 5.12 Å². The smallest absolute Gasteiger partial charge is 0.354 e. The summed E-state index contributed by atoms with van der Waals surface area (Å²) < 4.78 is 4.64. The zero-order valence-corrected chi connectivity index (χ0v) is 13.0. The van der Waals surface area contributed by atoms with Gasteiger partial charge in [0.05, 0.1) is 13.2 Å².